The lowest BCUT2D eigenvalue weighted by Crippen LogP contribution is -2.31. The molecule has 1 fully saturated rings. The average Bonchev–Trinajstić information content (AvgIpc) is 2.99. The number of thioether (sulfide) groups is 1. The van der Waals surface area contributed by atoms with E-state index in [0.717, 1.165) is 24.2 Å². The lowest BCUT2D eigenvalue weighted by atomic mass is 9.88. The molecule has 0 bridgehead atoms. The van der Waals surface area contributed by atoms with Crippen LogP contribution in [0.25, 0.3) is 0 Å². The van der Waals surface area contributed by atoms with Crippen molar-refractivity contribution in [2.24, 2.45) is 0 Å². The first kappa shape index (κ1) is 17.0. The third-order valence-electron chi connectivity index (χ3n) is 4.51. The summed E-state index contributed by atoms with van der Waals surface area (Å²) in [5, 5.41) is 19.8. The Morgan fingerprint density at radius 3 is 2.62 bits per heavy atom. The number of benzene rings is 1. The van der Waals surface area contributed by atoms with E-state index in [0.29, 0.717) is 17.6 Å². The molecule has 128 valence electrons. The third kappa shape index (κ3) is 3.98. The minimum absolute atomic E-state index is 0.419. The van der Waals surface area contributed by atoms with Crippen LogP contribution in [-0.2, 0) is 11.3 Å². The van der Waals surface area contributed by atoms with Crippen LogP contribution in [0.15, 0.2) is 35.5 Å². The number of nitrogens with zero attached hydrogens (tertiary/aromatic N) is 3. The monoisotopic (exact) mass is 344 g/mol. The maximum Gasteiger partial charge on any atom is 0.192 e. The molecule has 1 aromatic carbocycles. The van der Waals surface area contributed by atoms with Crippen molar-refractivity contribution >= 4 is 17.7 Å². The molecule has 6 heteroatoms. The van der Waals surface area contributed by atoms with Gasteiger partial charge in [-0.05, 0) is 25.3 Å². The molecule has 0 unspecified atom stereocenters. The fourth-order valence-corrected chi connectivity index (χ4v) is 3.96. The number of hydrogen-bond donors (Lipinski definition) is 0. The van der Waals surface area contributed by atoms with E-state index in [2.05, 4.69) is 26.9 Å². The quantitative estimate of drug-likeness (QED) is 0.753. The van der Waals surface area contributed by atoms with Gasteiger partial charge in [0, 0.05) is 11.2 Å². The smallest absolute Gasteiger partial charge is 0.192 e. The van der Waals surface area contributed by atoms with Crippen LogP contribution in [0.5, 0.6) is 0 Å². The predicted octanol–water partition coefficient (Wildman–Crippen LogP) is 2.60. The average molecular weight is 344 g/mol. The number of carboxylic acids is 1. The first-order chi connectivity index (χ1) is 11.6. The third-order valence-corrected chi connectivity index (χ3v) is 5.57. The molecule has 24 heavy (non-hydrogen) atoms. The Kier molecular flexibility index (Phi) is 5.56. The van der Waals surface area contributed by atoms with Gasteiger partial charge < -0.3 is 14.5 Å². The van der Waals surface area contributed by atoms with Crippen molar-refractivity contribution in [3.05, 3.63) is 41.7 Å². The summed E-state index contributed by atoms with van der Waals surface area (Å²) >= 11 is 1.21. The Labute approximate surface area is 146 Å². The Bertz CT molecular complexity index is 681. The maximum absolute atomic E-state index is 11.1. The van der Waals surface area contributed by atoms with Crippen molar-refractivity contribution in [3.8, 4) is 0 Å². The van der Waals surface area contributed by atoms with Gasteiger partial charge in [-0.25, -0.2) is 0 Å². The SMILES string of the molecule is C[C@@H](Sc1nnc(C2CCCCC2)n1Cc1ccccc1)C(=O)[O-]. The van der Waals surface area contributed by atoms with E-state index in [1.54, 1.807) is 6.92 Å². The summed E-state index contributed by atoms with van der Waals surface area (Å²) < 4.78 is 2.09. The van der Waals surface area contributed by atoms with Gasteiger partial charge in [0.2, 0.25) is 0 Å². The molecule has 0 radical (unpaired) electrons. The number of aliphatic carboxylic acids is 1. The number of aromatic nitrogens is 3. The predicted molar refractivity (Wildman–Crippen MR) is 91.7 cm³/mol. The maximum atomic E-state index is 11.1. The van der Waals surface area contributed by atoms with Gasteiger partial charge in [0.15, 0.2) is 5.16 Å². The number of carbonyl (C=O) groups excluding carboxylic acids is 1. The highest BCUT2D eigenvalue weighted by Crippen LogP contribution is 2.34. The summed E-state index contributed by atoms with van der Waals surface area (Å²) in [6.45, 7) is 2.30. The van der Waals surface area contributed by atoms with E-state index < -0.39 is 11.2 Å². The van der Waals surface area contributed by atoms with Crippen LogP contribution in [0.4, 0.5) is 0 Å². The summed E-state index contributed by atoms with van der Waals surface area (Å²) in [6.07, 6.45) is 6.00. The summed E-state index contributed by atoms with van der Waals surface area (Å²) in [7, 11) is 0. The second-order valence-corrected chi connectivity index (χ2v) is 7.63. The zero-order valence-corrected chi connectivity index (χ0v) is 14.7. The van der Waals surface area contributed by atoms with Crippen molar-refractivity contribution in [2.75, 3.05) is 0 Å². The van der Waals surface area contributed by atoms with Crippen molar-refractivity contribution in [3.63, 3.8) is 0 Å². The highest BCUT2D eigenvalue weighted by Gasteiger charge is 2.24. The van der Waals surface area contributed by atoms with Gasteiger partial charge in [-0.3, -0.25) is 0 Å². The highest BCUT2D eigenvalue weighted by molar-refractivity contribution is 8.00. The van der Waals surface area contributed by atoms with E-state index >= 15 is 0 Å². The largest absolute Gasteiger partial charge is 0.549 e. The van der Waals surface area contributed by atoms with Gasteiger partial charge in [-0.1, -0.05) is 61.4 Å². The van der Waals surface area contributed by atoms with Crippen LogP contribution >= 0.6 is 11.8 Å². The van der Waals surface area contributed by atoms with Crippen molar-refractivity contribution in [2.45, 2.75) is 61.9 Å². The molecule has 0 N–H and O–H groups in total. The van der Waals surface area contributed by atoms with Crippen LogP contribution < -0.4 is 5.11 Å². The van der Waals surface area contributed by atoms with Crippen LogP contribution in [-0.4, -0.2) is 26.0 Å². The van der Waals surface area contributed by atoms with Gasteiger partial charge in [-0.15, -0.1) is 10.2 Å². The second-order valence-electron chi connectivity index (χ2n) is 6.33. The topological polar surface area (TPSA) is 70.8 Å². The molecule has 1 heterocycles. The van der Waals surface area contributed by atoms with Crippen LogP contribution in [0.2, 0.25) is 0 Å². The van der Waals surface area contributed by atoms with Crippen LogP contribution in [0.3, 0.4) is 0 Å². The molecular formula is C18H22N3O2S-. The first-order valence-electron chi connectivity index (χ1n) is 8.49. The molecule has 1 saturated carbocycles. The molecule has 1 aromatic heterocycles. The van der Waals surface area contributed by atoms with Gasteiger partial charge in [0.1, 0.15) is 5.82 Å². The fraction of sp³-hybridized carbons (Fsp3) is 0.500. The van der Waals surface area contributed by atoms with Gasteiger partial charge >= 0.3 is 0 Å². The minimum atomic E-state index is -1.08. The summed E-state index contributed by atoms with van der Waals surface area (Å²) in [5.74, 6) is 0.336. The molecular weight excluding hydrogens is 322 g/mol. The normalized spacial score (nSPS) is 16.9. The van der Waals surface area contributed by atoms with E-state index in [4.69, 9.17) is 0 Å². The number of rotatable bonds is 6. The van der Waals surface area contributed by atoms with Crippen molar-refractivity contribution in [1.29, 1.82) is 0 Å². The molecule has 1 aliphatic rings. The van der Waals surface area contributed by atoms with Crippen molar-refractivity contribution in [1.82, 2.24) is 14.8 Å². The van der Waals surface area contributed by atoms with Crippen molar-refractivity contribution < 1.29 is 9.90 Å². The van der Waals surface area contributed by atoms with E-state index in [9.17, 15) is 9.90 Å². The Balaban J connectivity index is 1.90. The van der Waals surface area contributed by atoms with Crippen LogP contribution in [0.1, 0.15) is 56.3 Å². The van der Waals surface area contributed by atoms with Gasteiger partial charge in [0.05, 0.1) is 12.5 Å². The standard InChI is InChI=1S/C18H23N3O2S/c1-13(17(22)23)24-18-20-19-16(15-10-6-3-7-11-15)21(18)12-14-8-4-2-5-9-14/h2,4-5,8-9,13,15H,3,6-7,10-12H2,1H3,(H,22,23)/p-1/t13-/m1/s1. The molecule has 2 aromatic rings. The highest BCUT2D eigenvalue weighted by atomic mass is 32.2. The molecule has 5 nitrogen and oxygen atoms in total. The Morgan fingerprint density at radius 1 is 1.25 bits per heavy atom. The second kappa shape index (κ2) is 7.83. The van der Waals surface area contributed by atoms with E-state index in [-0.39, 0.29) is 0 Å². The molecule has 1 atom stereocenters. The first-order valence-corrected chi connectivity index (χ1v) is 9.37. The number of carboxylic acid groups (broad SMARTS) is 1. The zero-order valence-electron chi connectivity index (χ0n) is 13.9. The van der Waals surface area contributed by atoms with E-state index in [1.165, 1.54) is 31.0 Å². The lowest BCUT2D eigenvalue weighted by molar-refractivity contribution is -0.304. The van der Waals surface area contributed by atoms with Gasteiger partial charge in [0.25, 0.3) is 0 Å². The molecule has 1 aliphatic carbocycles. The Morgan fingerprint density at radius 2 is 1.96 bits per heavy atom. The molecule has 3 rings (SSSR count). The molecule has 0 saturated heterocycles. The van der Waals surface area contributed by atoms with Gasteiger partial charge in [-0.2, -0.15) is 0 Å². The minimum Gasteiger partial charge on any atom is -0.549 e. The molecule has 0 spiro atoms. The number of carbonyl (C=O) groups is 1. The number of hydrogen-bond acceptors (Lipinski definition) is 5. The summed E-state index contributed by atoms with van der Waals surface area (Å²) in [4.78, 5) is 11.1. The zero-order chi connectivity index (χ0) is 16.9. The van der Waals surface area contributed by atoms with E-state index in [1.807, 2.05) is 18.2 Å². The lowest BCUT2D eigenvalue weighted by Gasteiger charge is -2.22. The molecule has 0 aliphatic heterocycles. The van der Waals surface area contributed by atoms with Crippen LogP contribution in [0, 0.1) is 0 Å². The molecule has 0 amide bonds. The summed E-state index contributed by atoms with van der Waals surface area (Å²) in [5.41, 5.74) is 1.16. The Hall–Kier alpha value is -1.82. The summed E-state index contributed by atoms with van der Waals surface area (Å²) in [6, 6.07) is 10.2. The fourth-order valence-electron chi connectivity index (χ4n) is 3.17.